The molecule has 1 unspecified atom stereocenters. The Hall–Kier alpha value is -2.82. The second-order valence-electron chi connectivity index (χ2n) is 8.66. The number of anilines is 2. The number of carbonyl (C=O) groups is 2. The average molecular weight is 422 g/mol. The van der Waals surface area contributed by atoms with Crippen LogP contribution in [0.15, 0.2) is 48.5 Å². The number of hydrogen-bond donors (Lipinski definition) is 2. The third-order valence-electron chi connectivity index (χ3n) is 6.05. The molecular formula is C26H35N3O2. The number of amides is 2. The summed E-state index contributed by atoms with van der Waals surface area (Å²) in [6.07, 6.45) is 4.57. The first-order valence-corrected chi connectivity index (χ1v) is 11.5. The van der Waals surface area contributed by atoms with Gasteiger partial charge in [-0.15, -0.1) is 0 Å². The lowest BCUT2D eigenvalue weighted by Crippen LogP contribution is -2.35. The molecule has 3 rings (SSSR count). The maximum Gasteiger partial charge on any atom is 0.253 e. The van der Waals surface area contributed by atoms with Crippen molar-refractivity contribution in [2.45, 2.75) is 58.9 Å². The molecule has 1 aliphatic heterocycles. The van der Waals surface area contributed by atoms with E-state index in [1.165, 1.54) is 0 Å². The number of nitrogens with zero attached hydrogens (tertiary/aromatic N) is 1. The molecule has 1 heterocycles. The van der Waals surface area contributed by atoms with Crippen molar-refractivity contribution in [2.24, 2.45) is 5.92 Å². The minimum Gasteiger partial charge on any atom is -0.371 e. The van der Waals surface area contributed by atoms with Crippen molar-refractivity contribution in [1.29, 1.82) is 0 Å². The first kappa shape index (κ1) is 22.9. The second kappa shape index (κ2) is 11.0. The molecule has 166 valence electrons. The van der Waals surface area contributed by atoms with Crippen LogP contribution in [-0.2, 0) is 4.79 Å². The van der Waals surface area contributed by atoms with E-state index in [4.69, 9.17) is 0 Å². The van der Waals surface area contributed by atoms with Crippen molar-refractivity contribution in [3.8, 4) is 0 Å². The number of carbonyl (C=O) groups excluding carboxylic acids is 2. The minimum atomic E-state index is -0.116. The largest absolute Gasteiger partial charge is 0.371 e. The van der Waals surface area contributed by atoms with Crippen molar-refractivity contribution < 1.29 is 9.59 Å². The van der Waals surface area contributed by atoms with Gasteiger partial charge in [0.25, 0.3) is 5.91 Å². The van der Waals surface area contributed by atoms with E-state index in [0.29, 0.717) is 23.6 Å². The molecular weight excluding hydrogens is 386 g/mol. The van der Waals surface area contributed by atoms with Crippen molar-refractivity contribution in [2.75, 3.05) is 23.3 Å². The summed E-state index contributed by atoms with van der Waals surface area (Å²) < 4.78 is 0. The van der Waals surface area contributed by atoms with Gasteiger partial charge in [-0.2, -0.15) is 0 Å². The topological polar surface area (TPSA) is 61.4 Å². The summed E-state index contributed by atoms with van der Waals surface area (Å²) in [4.78, 5) is 27.8. The van der Waals surface area contributed by atoms with E-state index in [9.17, 15) is 9.59 Å². The summed E-state index contributed by atoms with van der Waals surface area (Å²) in [5, 5.41) is 6.09. The first-order chi connectivity index (χ1) is 15.0. The average Bonchev–Trinajstić information content (AvgIpc) is 2.79. The Balaban J connectivity index is 1.83. The Kier molecular flexibility index (Phi) is 8.10. The maximum absolute atomic E-state index is 13.3. The number of benzene rings is 2. The number of unbranched alkanes of at least 4 members (excludes halogenated alkanes) is 1. The van der Waals surface area contributed by atoms with E-state index in [2.05, 4.69) is 29.4 Å². The van der Waals surface area contributed by atoms with Gasteiger partial charge in [0.1, 0.15) is 0 Å². The molecule has 5 heteroatoms. The van der Waals surface area contributed by atoms with Crippen LogP contribution in [0.1, 0.15) is 74.8 Å². The Morgan fingerprint density at radius 3 is 2.48 bits per heavy atom. The van der Waals surface area contributed by atoms with Crippen LogP contribution >= 0.6 is 0 Å². The van der Waals surface area contributed by atoms with Gasteiger partial charge in [0.15, 0.2) is 0 Å². The van der Waals surface area contributed by atoms with Crippen molar-refractivity contribution in [3.63, 3.8) is 0 Å². The van der Waals surface area contributed by atoms with Crippen LogP contribution in [0.25, 0.3) is 0 Å². The highest BCUT2D eigenvalue weighted by Crippen LogP contribution is 2.29. The molecule has 0 spiro atoms. The highest BCUT2D eigenvalue weighted by molar-refractivity contribution is 6.02. The van der Waals surface area contributed by atoms with Gasteiger partial charge in [-0.1, -0.05) is 50.6 Å². The zero-order valence-electron chi connectivity index (χ0n) is 19.0. The van der Waals surface area contributed by atoms with E-state index in [1.54, 1.807) is 0 Å². The SMILES string of the molecule is CCCCC(=O)Nc1ccc(N2CCC(C)CC2)c(C(=O)NC(C)c2ccccc2)c1. The zero-order chi connectivity index (χ0) is 22.2. The number of nitrogens with one attached hydrogen (secondary N) is 2. The molecule has 2 aromatic rings. The van der Waals surface area contributed by atoms with Gasteiger partial charge in [0, 0.05) is 30.9 Å². The fourth-order valence-electron chi connectivity index (χ4n) is 3.98. The molecule has 2 aromatic carbocycles. The third kappa shape index (κ3) is 6.33. The Morgan fingerprint density at radius 2 is 1.81 bits per heavy atom. The minimum absolute atomic E-state index is 0.00888. The Morgan fingerprint density at radius 1 is 1.10 bits per heavy atom. The van der Waals surface area contributed by atoms with Crippen LogP contribution in [0, 0.1) is 5.92 Å². The summed E-state index contributed by atoms with van der Waals surface area (Å²) in [6, 6.07) is 15.6. The molecule has 5 nitrogen and oxygen atoms in total. The highest BCUT2D eigenvalue weighted by Gasteiger charge is 2.23. The van der Waals surface area contributed by atoms with E-state index >= 15 is 0 Å². The highest BCUT2D eigenvalue weighted by atomic mass is 16.2. The van der Waals surface area contributed by atoms with Gasteiger partial charge in [-0.25, -0.2) is 0 Å². The number of piperidine rings is 1. The molecule has 2 N–H and O–H groups in total. The van der Waals surface area contributed by atoms with Crippen LogP contribution < -0.4 is 15.5 Å². The fourth-order valence-corrected chi connectivity index (χ4v) is 3.98. The molecule has 1 aliphatic rings. The van der Waals surface area contributed by atoms with Crippen LogP contribution in [0.4, 0.5) is 11.4 Å². The normalized spacial score (nSPS) is 15.4. The molecule has 1 saturated heterocycles. The monoisotopic (exact) mass is 421 g/mol. The van der Waals surface area contributed by atoms with Crippen LogP contribution in [0.2, 0.25) is 0 Å². The smallest absolute Gasteiger partial charge is 0.253 e. The van der Waals surface area contributed by atoms with E-state index in [0.717, 1.165) is 50.0 Å². The van der Waals surface area contributed by atoms with Crippen molar-refractivity contribution in [3.05, 3.63) is 59.7 Å². The summed E-state index contributed by atoms with van der Waals surface area (Å²) in [6.45, 7) is 8.22. The Bertz CT molecular complexity index is 873. The van der Waals surface area contributed by atoms with Crippen LogP contribution in [-0.4, -0.2) is 24.9 Å². The van der Waals surface area contributed by atoms with Crippen LogP contribution in [0.3, 0.4) is 0 Å². The second-order valence-corrected chi connectivity index (χ2v) is 8.66. The van der Waals surface area contributed by atoms with E-state index < -0.39 is 0 Å². The zero-order valence-corrected chi connectivity index (χ0v) is 19.0. The Labute approximate surface area is 186 Å². The summed E-state index contributed by atoms with van der Waals surface area (Å²) in [7, 11) is 0. The van der Waals surface area contributed by atoms with Crippen LogP contribution in [0.5, 0.6) is 0 Å². The predicted molar refractivity (Wildman–Crippen MR) is 128 cm³/mol. The maximum atomic E-state index is 13.3. The van der Waals surface area contributed by atoms with E-state index in [-0.39, 0.29) is 17.9 Å². The molecule has 2 amide bonds. The standard InChI is InChI=1S/C26H35N3O2/c1-4-5-11-25(30)28-22-12-13-24(29-16-14-19(2)15-17-29)23(18-22)26(31)27-20(3)21-9-7-6-8-10-21/h6-10,12-13,18-20H,4-5,11,14-17H2,1-3H3,(H,27,31)(H,28,30). The van der Waals surface area contributed by atoms with Gasteiger partial charge in [-0.3, -0.25) is 9.59 Å². The third-order valence-corrected chi connectivity index (χ3v) is 6.05. The van der Waals surface area contributed by atoms with Gasteiger partial charge in [-0.05, 0) is 55.9 Å². The van der Waals surface area contributed by atoms with E-state index in [1.807, 2.05) is 55.5 Å². The lowest BCUT2D eigenvalue weighted by Gasteiger charge is -2.33. The number of rotatable bonds is 8. The molecule has 0 aliphatic carbocycles. The van der Waals surface area contributed by atoms with Gasteiger partial charge in [0.05, 0.1) is 11.6 Å². The van der Waals surface area contributed by atoms with Gasteiger partial charge >= 0.3 is 0 Å². The van der Waals surface area contributed by atoms with Crippen molar-refractivity contribution >= 4 is 23.2 Å². The van der Waals surface area contributed by atoms with Gasteiger partial charge in [0.2, 0.25) is 5.91 Å². The van der Waals surface area contributed by atoms with Gasteiger partial charge < -0.3 is 15.5 Å². The quantitative estimate of drug-likeness (QED) is 0.588. The van der Waals surface area contributed by atoms with Crippen molar-refractivity contribution in [1.82, 2.24) is 5.32 Å². The lowest BCUT2D eigenvalue weighted by atomic mass is 9.97. The summed E-state index contributed by atoms with van der Waals surface area (Å²) in [5.41, 5.74) is 3.29. The molecule has 0 bridgehead atoms. The molecule has 31 heavy (non-hydrogen) atoms. The summed E-state index contributed by atoms with van der Waals surface area (Å²) >= 11 is 0. The molecule has 0 saturated carbocycles. The molecule has 1 atom stereocenters. The predicted octanol–water partition coefficient (Wildman–Crippen LogP) is 5.54. The molecule has 0 aromatic heterocycles. The lowest BCUT2D eigenvalue weighted by molar-refractivity contribution is -0.116. The molecule has 1 fully saturated rings. The first-order valence-electron chi connectivity index (χ1n) is 11.5. The fraction of sp³-hybridized carbons (Fsp3) is 0.462. The summed E-state index contributed by atoms with van der Waals surface area (Å²) in [5.74, 6) is 0.587. The number of hydrogen-bond acceptors (Lipinski definition) is 3. The molecule has 0 radical (unpaired) electrons.